The van der Waals surface area contributed by atoms with Gasteiger partial charge in [-0.2, -0.15) is 0 Å². The Kier molecular flexibility index (Phi) is 38.0. The van der Waals surface area contributed by atoms with Crippen LogP contribution < -0.4 is 52.7 Å². The quantitative estimate of drug-likeness (QED) is 0.0467. The number of amides is 3. The molecule has 0 bridgehead atoms. The fourth-order valence-electron chi connectivity index (χ4n) is 12.6. The number of hydrogen-bond donors (Lipinski definition) is 7. The molecular weight excluding hydrogens is 1780 g/mol. The molecule has 14 rings (SSSR count). The van der Waals surface area contributed by atoms with Crippen LogP contribution in [0.2, 0.25) is 0 Å². The molecule has 4 aromatic heterocycles. The largest absolute Gasteiger partial charge is 0.492 e. The van der Waals surface area contributed by atoms with Crippen molar-refractivity contribution in [1.82, 2.24) is 44.9 Å². The minimum absolute atomic E-state index is 0. The van der Waals surface area contributed by atoms with Gasteiger partial charge in [0.05, 0.1) is 32.7 Å². The minimum Gasteiger partial charge on any atom is -0.492 e. The zero-order chi connectivity index (χ0) is 92.5. The standard InChI is InChI=1S/C23H22FN3O4S.C19H23N3O3.C14H20BNO5.C14H15N3O.C9H8ClFO3S.C6H15N.C5H5BrN2.ClH/c1-14-18(5-7-20(22(14)24)32(2,29)30)23(28)27-9-10-31-19-6-3-15(11-17(19)13-27)16-4-8-21(25)26-12-16;1-19(2,3)25-18(23)22-8-9-24-16-6-4-13(10-15(16)12-22)14-5-7-17(20)21-11-14;1-14(2,3)21-13(17)16-6-7-20-12-5-4-11(15(18)19)8-10(12)9-16;15-14-4-2-11(9-17-14)10-1-3-13-12(7-10)8-16-5-6-18-13;1-5-6(9(10)12)3-4-7(8(5)11)15(2,13)14;1-4-7(5-2)6-3;6-4-1-2-5(7)8-3-4;/h3-8,11-12H,9-10,13H2,1-2H3,(H2,25,26);4-7,10-11H,8-9,12H2,1-3H3,(H2,20,21);4-5,8,18-19H,6-7,9H2,1-3H3;1-4,7,9,16H,5-6,8H2,(H2,15,17);3-4H,1-2H3;4-6H2,1-3H3;1-3H,(H2,7,8);1H. The van der Waals surface area contributed by atoms with E-state index in [-0.39, 0.29) is 53.9 Å². The highest BCUT2D eigenvalue weighted by Crippen LogP contribution is 2.35. The lowest BCUT2D eigenvalue weighted by Crippen LogP contribution is -2.37. The Morgan fingerprint density at radius 1 is 0.504 bits per heavy atom. The SMILES string of the molecule is CC(C)(C)OC(=O)N1CCOc2ccc(-c3ccc(N)nc3)cc2C1.CC(C)(C)OC(=O)N1CCOc2ccc(B(O)O)cc2C1.CCN(CC)CC.Cc1c(C(=O)Cl)ccc(S(C)(=O)=O)c1F.Cc1c(C(=O)N2CCOc3ccc(-c4ccc(N)nc4)cc3C2)ccc(S(C)(=O)=O)c1F.Cl.Nc1ccc(-c2ccc3c(c2)CNCCO3)cn1.Nc1ccc(Br)cn1. The van der Waals surface area contributed by atoms with Gasteiger partial charge in [0.2, 0.25) is 0 Å². The molecule has 0 saturated carbocycles. The number of ether oxygens (including phenoxy) is 6. The maximum Gasteiger partial charge on any atom is 0.488 e. The molecule has 0 atom stereocenters. The summed E-state index contributed by atoms with van der Waals surface area (Å²) in [6.45, 7) is 29.6. The molecule has 127 heavy (non-hydrogen) atoms. The summed E-state index contributed by atoms with van der Waals surface area (Å²) in [7, 11) is -8.91. The van der Waals surface area contributed by atoms with Gasteiger partial charge in [-0.15, -0.1) is 12.4 Å². The summed E-state index contributed by atoms with van der Waals surface area (Å²) in [5.74, 6) is 2.85. The van der Waals surface area contributed by atoms with E-state index in [1.54, 1.807) is 75.9 Å². The van der Waals surface area contributed by atoms with Gasteiger partial charge in [0.25, 0.3) is 11.1 Å². The Labute approximate surface area is 760 Å². The molecule has 0 unspecified atom stereocenters. The highest BCUT2D eigenvalue weighted by atomic mass is 79.9. The third-order valence-electron chi connectivity index (χ3n) is 19.3. The minimum atomic E-state index is -3.74. The van der Waals surface area contributed by atoms with Crippen LogP contribution in [-0.4, -0.2) is 193 Å². The first-order chi connectivity index (χ1) is 59.4. The molecule has 4 aliphatic rings. The Hall–Kier alpha value is -11.3. The molecule has 680 valence electrons. The second-order valence-corrected chi connectivity index (χ2v) is 36.4. The summed E-state index contributed by atoms with van der Waals surface area (Å²) in [5, 5.41) is 21.0. The number of nitrogens with zero attached hydrogens (tertiary/aromatic N) is 8. The number of aromatic nitrogens is 4. The van der Waals surface area contributed by atoms with E-state index in [1.165, 1.54) is 51.2 Å². The van der Waals surface area contributed by atoms with Gasteiger partial charge in [0.15, 0.2) is 19.7 Å². The Morgan fingerprint density at radius 3 is 1.20 bits per heavy atom. The van der Waals surface area contributed by atoms with Gasteiger partial charge in [0, 0.05) is 111 Å². The van der Waals surface area contributed by atoms with Crippen LogP contribution in [0, 0.1) is 25.5 Å². The Balaban J connectivity index is 0.000000212. The highest BCUT2D eigenvalue weighted by molar-refractivity contribution is 9.10. The van der Waals surface area contributed by atoms with Crippen molar-refractivity contribution in [3.63, 3.8) is 0 Å². The third kappa shape index (κ3) is 31.0. The molecule has 8 heterocycles. The number of benzene rings is 6. The lowest BCUT2D eigenvalue weighted by molar-refractivity contribution is 0.0216. The van der Waals surface area contributed by atoms with E-state index in [4.69, 9.17) is 63.0 Å². The summed E-state index contributed by atoms with van der Waals surface area (Å²) >= 11 is 8.42. The molecule has 11 N–H and O–H groups in total. The number of pyridine rings is 4. The molecule has 0 saturated heterocycles. The predicted octanol–water partition coefficient (Wildman–Crippen LogP) is 14.1. The van der Waals surface area contributed by atoms with Crippen molar-refractivity contribution in [2.45, 2.75) is 123 Å². The van der Waals surface area contributed by atoms with Crippen LogP contribution in [0.1, 0.15) is 116 Å². The highest BCUT2D eigenvalue weighted by Gasteiger charge is 2.31. The number of carbonyl (C=O) groups is 4. The molecule has 0 aliphatic carbocycles. The van der Waals surface area contributed by atoms with E-state index >= 15 is 0 Å². The molecule has 6 aromatic carbocycles. The van der Waals surface area contributed by atoms with E-state index in [2.05, 4.69) is 79.0 Å². The molecule has 37 heteroatoms. The second kappa shape index (κ2) is 47.0. The number of nitrogens with one attached hydrogen (secondary N) is 1. The molecule has 29 nitrogen and oxygen atoms in total. The first kappa shape index (κ1) is 103. The zero-order valence-electron chi connectivity index (χ0n) is 73.1. The summed E-state index contributed by atoms with van der Waals surface area (Å²) in [4.78, 5) is 71.1. The number of carbonyl (C=O) groups excluding carboxylic acids is 4. The average molecular weight is 1890 g/mol. The predicted molar refractivity (Wildman–Crippen MR) is 496 cm³/mol. The van der Waals surface area contributed by atoms with E-state index < -0.39 is 76.7 Å². The first-order valence-corrected chi connectivity index (χ1v) is 45.2. The topological polar surface area (TPSA) is 413 Å². The van der Waals surface area contributed by atoms with Crippen molar-refractivity contribution in [2.75, 3.05) is 108 Å². The number of nitrogen functional groups attached to an aromatic ring is 4. The normalized spacial score (nSPS) is 13.3. The van der Waals surface area contributed by atoms with Crippen LogP contribution in [0.5, 0.6) is 23.0 Å². The molecule has 0 spiro atoms. The maximum atomic E-state index is 14.7. The molecule has 10 aromatic rings. The number of fused-ring (bicyclic) bond motifs is 4. The van der Waals surface area contributed by atoms with Crippen LogP contribution in [0.3, 0.4) is 0 Å². The smallest absolute Gasteiger partial charge is 0.488 e. The number of nitrogens with two attached hydrogens (primary N) is 4. The molecule has 0 fully saturated rings. The van der Waals surface area contributed by atoms with Gasteiger partial charge in [-0.1, -0.05) is 51.1 Å². The fourth-order valence-corrected chi connectivity index (χ4v) is 14.7. The van der Waals surface area contributed by atoms with Crippen molar-refractivity contribution in [3.8, 4) is 56.4 Å². The van der Waals surface area contributed by atoms with Gasteiger partial charge in [-0.05, 0) is 251 Å². The van der Waals surface area contributed by atoms with Gasteiger partial charge in [-0.3, -0.25) is 9.59 Å². The molecule has 0 radical (unpaired) electrons. The maximum absolute atomic E-state index is 14.7. The lowest BCUT2D eigenvalue weighted by Gasteiger charge is -2.26. The Morgan fingerprint density at radius 2 is 0.850 bits per heavy atom. The van der Waals surface area contributed by atoms with Crippen LogP contribution in [0.4, 0.5) is 41.6 Å². The zero-order valence-corrected chi connectivity index (χ0v) is 77.9. The number of halogens is 5. The van der Waals surface area contributed by atoms with Crippen molar-refractivity contribution in [2.24, 2.45) is 0 Å². The molecule has 3 amide bonds. The summed E-state index contributed by atoms with van der Waals surface area (Å²) in [5.41, 5.74) is 31.1. The molecule has 4 aliphatic heterocycles. The van der Waals surface area contributed by atoms with Crippen LogP contribution in [-0.2, 0) is 55.3 Å². The van der Waals surface area contributed by atoms with Crippen LogP contribution in [0.25, 0.3) is 33.4 Å². The van der Waals surface area contributed by atoms with Crippen LogP contribution in [0.15, 0.2) is 185 Å². The summed E-state index contributed by atoms with van der Waals surface area (Å²) in [6, 6.07) is 42.1. The van der Waals surface area contributed by atoms with Crippen molar-refractivity contribution in [3.05, 3.63) is 231 Å². The van der Waals surface area contributed by atoms with E-state index in [9.17, 15) is 54.8 Å². The number of hydrogen-bond acceptors (Lipinski definition) is 26. The summed E-state index contributed by atoms with van der Waals surface area (Å²) < 4.78 is 109. The van der Waals surface area contributed by atoms with E-state index in [1.807, 2.05) is 114 Å². The van der Waals surface area contributed by atoms with Crippen molar-refractivity contribution >= 4 is 119 Å². The van der Waals surface area contributed by atoms with Gasteiger partial charge in [-0.25, -0.2) is 55.1 Å². The van der Waals surface area contributed by atoms with Gasteiger partial charge < -0.3 is 86.3 Å². The molecular formula is C90H109BBrCl2F2N13O16S2. The summed E-state index contributed by atoms with van der Waals surface area (Å²) in [6.07, 6.45) is 7.96. The number of rotatable bonds is 11. The van der Waals surface area contributed by atoms with E-state index in [0.29, 0.717) is 86.2 Å². The van der Waals surface area contributed by atoms with Crippen molar-refractivity contribution < 1.29 is 83.3 Å². The van der Waals surface area contributed by atoms with E-state index in [0.717, 1.165) is 110 Å². The fraction of sp³-hybridized carbons (Fsp3) is 0.333. The van der Waals surface area contributed by atoms with Crippen molar-refractivity contribution in [1.29, 1.82) is 0 Å². The number of anilines is 4. The number of sulfone groups is 2. The monoisotopic (exact) mass is 1890 g/mol. The van der Waals surface area contributed by atoms with Gasteiger partial charge in [0.1, 0.15) is 105 Å². The van der Waals surface area contributed by atoms with Gasteiger partial charge >= 0.3 is 19.3 Å². The second-order valence-electron chi connectivity index (χ2n) is 31.2. The van der Waals surface area contributed by atoms with Crippen LogP contribution >= 0.6 is 39.9 Å². The first-order valence-electron chi connectivity index (χ1n) is 40.2. The third-order valence-corrected chi connectivity index (χ3v) is 22.2. The Bertz CT molecular complexity index is 5630. The average Bonchev–Trinajstić information content (AvgIpc) is 1.60. The lowest BCUT2D eigenvalue weighted by atomic mass is 9.79.